The van der Waals surface area contributed by atoms with Gasteiger partial charge in [-0.05, 0) is 26.7 Å². The maximum Gasteiger partial charge on any atom is 0.253 e. The number of allylic oxidation sites excluding steroid dienone is 1. The first-order valence-corrected chi connectivity index (χ1v) is 8.07. The molecule has 0 saturated carbocycles. The van der Waals surface area contributed by atoms with Crippen molar-refractivity contribution < 1.29 is 14.7 Å². The van der Waals surface area contributed by atoms with Crippen LogP contribution in [-0.2, 0) is 9.59 Å². The van der Waals surface area contributed by atoms with Gasteiger partial charge in [-0.25, -0.2) is 0 Å². The largest absolute Gasteiger partial charge is 0.505 e. The first-order chi connectivity index (χ1) is 10.9. The zero-order valence-corrected chi connectivity index (χ0v) is 13.8. The van der Waals surface area contributed by atoms with Crippen LogP contribution in [0.15, 0.2) is 23.1 Å². The molecule has 23 heavy (non-hydrogen) atoms. The molecule has 0 unspecified atom stereocenters. The van der Waals surface area contributed by atoms with Crippen LogP contribution < -0.4 is 11.1 Å². The summed E-state index contributed by atoms with van der Waals surface area (Å²) in [6, 6.07) is 0.130. The number of hydrogen-bond donors (Lipinski definition) is 3. The van der Waals surface area contributed by atoms with Gasteiger partial charge in [-0.1, -0.05) is 6.08 Å². The van der Waals surface area contributed by atoms with Crippen LogP contribution in [-0.4, -0.2) is 65.5 Å². The average Bonchev–Trinajstić information content (AvgIpc) is 2.49. The van der Waals surface area contributed by atoms with Gasteiger partial charge in [0.25, 0.3) is 5.91 Å². The van der Waals surface area contributed by atoms with E-state index in [-0.39, 0.29) is 29.3 Å². The number of nitrogens with two attached hydrogens (primary N) is 1. The second-order valence-corrected chi connectivity index (χ2v) is 6.32. The van der Waals surface area contributed by atoms with Gasteiger partial charge in [-0.3, -0.25) is 14.5 Å². The van der Waals surface area contributed by atoms with Gasteiger partial charge in [0.1, 0.15) is 5.76 Å². The normalized spacial score (nSPS) is 19.8. The molecule has 1 saturated heterocycles. The molecule has 0 spiro atoms. The van der Waals surface area contributed by atoms with E-state index in [1.165, 1.54) is 0 Å². The molecule has 1 fully saturated rings. The third-order valence-electron chi connectivity index (χ3n) is 4.05. The van der Waals surface area contributed by atoms with Crippen molar-refractivity contribution in [2.45, 2.75) is 32.7 Å². The van der Waals surface area contributed by atoms with E-state index in [2.05, 4.69) is 5.32 Å². The molecule has 0 bridgehead atoms. The zero-order chi connectivity index (χ0) is 17.0. The molecule has 1 heterocycles. The minimum absolute atomic E-state index is 0.00493. The van der Waals surface area contributed by atoms with Crippen LogP contribution in [0, 0.1) is 0 Å². The molecule has 0 radical (unpaired) electrons. The minimum atomic E-state index is -0.148. The summed E-state index contributed by atoms with van der Waals surface area (Å²) in [6.45, 7) is 6.61. The van der Waals surface area contributed by atoms with Crippen LogP contribution in [0.25, 0.3) is 0 Å². The number of hydrogen-bond acceptors (Lipinski definition) is 5. The molecule has 7 nitrogen and oxygen atoms in total. The van der Waals surface area contributed by atoms with Gasteiger partial charge in [0.15, 0.2) is 0 Å². The SMILES string of the molecule is CC(C)NC(=O)CN1CCN(C(=O)C2=C(O)C(N)=CCC2)CC1. The predicted molar refractivity (Wildman–Crippen MR) is 87.5 cm³/mol. The van der Waals surface area contributed by atoms with Gasteiger partial charge in [-0.2, -0.15) is 0 Å². The third kappa shape index (κ3) is 4.48. The van der Waals surface area contributed by atoms with Crippen LogP contribution >= 0.6 is 0 Å². The molecule has 1 aliphatic carbocycles. The summed E-state index contributed by atoms with van der Waals surface area (Å²) >= 11 is 0. The number of piperazine rings is 1. The minimum Gasteiger partial charge on any atom is -0.505 e. The fourth-order valence-electron chi connectivity index (χ4n) is 2.84. The maximum atomic E-state index is 12.5. The molecule has 0 atom stereocenters. The van der Waals surface area contributed by atoms with E-state index in [0.717, 1.165) is 0 Å². The van der Waals surface area contributed by atoms with Gasteiger partial charge >= 0.3 is 0 Å². The van der Waals surface area contributed by atoms with Gasteiger partial charge in [0.05, 0.1) is 17.8 Å². The standard InChI is InChI=1S/C16H26N4O3/c1-11(2)18-14(21)10-19-6-8-20(9-7-19)16(23)12-4-3-5-13(17)15(12)22/h5,11,22H,3-4,6-10,17H2,1-2H3,(H,18,21). The van der Waals surface area contributed by atoms with Crippen LogP contribution in [0.5, 0.6) is 0 Å². The summed E-state index contributed by atoms with van der Waals surface area (Å²) in [5.74, 6) is -0.227. The van der Waals surface area contributed by atoms with Crippen molar-refractivity contribution >= 4 is 11.8 Å². The van der Waals surface area contributed by atoms with Crippen molar-refractivity contribution in [1.29, 1.82) is 0 Å². The Kier molecular flexibility index (Phi) is 5.65. The average molecular weight is 322 g/mol. The number of carbonyl (C=O) groups is 2. The second kappa shape index (κ2) is 7.50. The Morgan fingerprint density at radius 3 is 2.57 bits per heavy atom. The number of nitrogens with zero attached hydrogens (tertiary/aromatic N) is 2. The molecule has 0 aromatic rings. The van der Waals surface area contributed by atoms with Gasteiger partial charge in [0.2, 0.25) is 5.91 Å². The first-order valence-electron chi connectivity index (χ1n) is 8.07. The summed E-state index contributed by atoms with van der Waals surface area (Å²) < 4.78 is 0. The number of carbonyl (C=O) groups excluding carboxylic acids is 2. The summed E-state index contributed by atoms with van der Waals surface area (Å²) in [4.78, 5) is 28.0. The van der Waals surface area contributed by atoms with E-state index in [1.54, 1.807) is 11.0 Å². The van der Waals surface area contributed by atoms with E-state index in [4.69, 9.17) is 5.73 Å². The molecular weight excluding hydrogens is 296 g/mol. The molecule has 2 amide bonds. The van der Waals surface area contributed by atoms with E-state index in [0.29, 0.717) is 51.1 Å². The number of nitrogens with one attached hydrogen (secondary N) is 1. The smallest absolute Gasteiger partial charge is 0.253 e. The van der Waals surface area contributed by atoms with Crippen molar-refractivity contribution in [1.82, 2.24) is 15.1 Å². The summed E-state index contributed by atoms with van der Waals surface area (Å²) in [5, 5.41) is 12.8. The Morgan fingerprint density at radius 2 is 1.96 bits per heavy atom. The highest BCUT2D eigenvalue weighted by Crippen LogP contribution is 2.22. The predicted octanol–water partition coefficient (Wildman–Crippen LogP) is 0.104. The lowest BCUT2D eigenvalue weighted by Crippen LogP contribution is -2.52. The van der Waals surface area contributed by atoms with Crippen molar-refractivity contribution in [2.24, 2.45) is 5.73 Å². The third-order valence-corrected chi connectivity index (χ3v) is 4.05. The quantitative estimate of drug-likeness (QED) is 0.682. The van der Waals surface area contributed by atoms with Crippen LogP contribution in [0.3, 0.4) is 0 Å². The van der Waals surface area contributed by atoms with Crippen LogP contribution in [0.1, 0.15) is 26.7 Å². The maximum absolute atomic E-state index is 12.5. The monoisotopic (exact) mass is 322 g/mol. The van der Waals surface area contributed by atoms with Crippen molar-refractivity contribution in [3.05, 3.63) is 23.1 Å². The number of aliphatic hydroxyl groups excluding tert-OH is 1. The molecule has 2 aliphatic rings. The molecule has 7 heteroatoms. The molecule has 128 valence electrons. The Bertz CT molecular complexity index is 531. The lowest BCUT2D eigenvalue weighted by molar-refractivity contribution is -0.129. The molecule has 4 N–H and O–H groups in total. The Hall–Kier alpha value is -2.02. The topological polar surface area (TPSA) is 98.9 Å². The summed E-state index contributed by atoms with van der Waals surface area (Å²) in [5.41, 5.74) is 6.36. The van der Waals surface area contributed by atoms with Crippen LogP contribution in [0.4, 0.5) is 0 Å². The fourth-order valence-corrected chi connectivity index (χ4v) is 2.84. The molecule has 0 aromatic carbocycles. The van der Waals surface area contributed by atoms with Crippen molar-refractivity contribution in [3.8, 4) is 0 Å². The van der Waals surface area contributed by atoms with Gasteiger partial charge < -0.3 is 21.1 Å². The second-order valence-electron chi connectivity index (χ2n) is 6.32. The number of rotatable bonds is 4. The molecule has 1 aliphatic heterocycles. The number of amides is 2. The Morgan fingerprint density at radius 1 is 1.30 bits per heavy atom. The summed E-state index contributed by atoms with van der Waals surface area (Å²) in [7, 11) is 0. The zero-order valence-electron chi connectivity index (χ0n) is 13.8. The Labute approximate surface area is 136 Å². The molecule has 0 aromatic heterocycles. The molecule has 2 rings (SSSR count). The molecular formula is C16H26N4O3. The lowest BCUT2D eigenvalue weighted by atomic mass is 10.00. The van der Waals surface area contributed by atoms with E-state index < -0.39 is 0 Å². The fraction of sp³-hybridized carbons (Fsp3) is 0.625. The van der Waals surface area contributed by atoms with Crippen molar-refractivity contribution in [2.75, 3.05) is 32.7 Å². The van der Waals surface area contributed by atoms with Gasteiger partial charge in [-0.15, -0.1) is 0 Å². The highest BCUT2D eigenvalue weighted by Gasteiger charge is 2.27. The Balaban J connectivity index is 1.87. The van der Waals surface area contributed by atoms with E-state index in [9.17, 15) is 14.7 Å². The highest BCUT2D eigenvalue weighted by molar-refractivity contribution is 5.95. The van der Waals surface area contributed by atoms with Crippen LogP contribution in [0.2, 0.25) is 0 Å². The van der Waals surface area contributed by atoms with E-state index >= 15 is 0 Å². The van der Waals surface area contributed by atoms with Crippen molar-refractivity contribution in [3.63, 3.8) is 0 Å². The highest BCUT2D eigenvalue weighted by atomic mass is 16.3. The first kappa shape index (κ1) is 17.3. The lowest BCUT2D eigenvalue weighted by Gasteiger charge is -2.35. The summed E-state index contributed by atoms with van der Waals surface area (Å²) in [6.07, 6.45) is 2.92. The van der Waals surface area contributed by atoms with Gasteiger partial charge in [0, 0.05) is 32.2 Å². The number of aliphatic hydroxyl groups is 1. The van der Waals surface area contributed by atoms with E-state index in [1.807, 2.05) is 18.7 Å².